The average Bonchev–Trinajstić information content (AvgIpc) is 3.20. The van der Waals surface area contributed by atoms with E-state index in [-0.39, 0.29) is 23.5 Å². The second-order valence-electron chi connectivity index (χ2n) is 8.28. The van der Waals surface area contributed by atoms with E-state index < -0.39 is 48.9 Å². The summed E-state index contributed by atoms with van der Waals surface area (Å²) in [6.45, 7) is -4.01. The smallest absolute Gasteiger partial charge is 0.387 e. The summed E-state index contributed by atoms with van der Waals surface area (Å²) in [5, 5.41) is 6.30. The number of halogens is 4. The van der Waals surface area contributed by atoms with Crippen molar-refractivity contribution in [2.45, 2.75) is 31.5 Å². The Labute approximate surface area is 213 Å². The Morgan fingerprint density at radius 1 is 1.03 bits per heavy atom. The molecule has 0 bridgehead atoms. The van der Waals surface area contributed by atoms with Gasteiger partial charge in [-0.3, -0.25) is 14.4 Å². The molecule has 0 radical (unpaired) electrons. The molecule has 2 aromatic carbocycles. The number of anilines is 1. The molecule has 9 nitrogen and oxygen atoms in total. The number of aromatic nitrogens is 2. The van der Waals surface area contributed by atoms with Crippen molar-refractivity contribution in [2.24, 2.45) is 0 Å². The van der Waals surface area contributed by atoms with Crippen molar-refractivity contribution in [3.05, 3.63) is 82.3 Å². The molecule has 1 aliphatic rings. The number of rotatable bonds is 9. The lowest BCUT2D eigenvalue weighted by molar-refractivity contribution is -0.118. The first-order valence-corrected chi connectivity index (χ1v) is 11.3. The molecule has 2 amide bonds. The fourth-order valence-electron chi connectivity index (χ4n) is 4.18. The van der Waals surface area contributed by atoms with E-state index in [1.165, 1.54) is 37.4 Å². The Hall–Kier alpha value is -4.42. The van der Waals surface area contributed by atoms with Crippen molar-refractivity contribution in [1.29, 1.82) is 0 Å². The number of nitrogens with zero attached hydrogens (tertiary/aromatic N) is 3. The Bertz CT molecular complexity index is 1350. The monoisotopic (exact) mass is 534 g/mol. The summed E-state index contributed by atoms with van der Waals surface area (Å²) in [5.74, 6) is -1.52. The van der Waals surface area contributed by atoms with Crippen LogP contribution in [0.5, 0.6) is 11.5 Å². The first-order valence-electron chi connectivity index (χ1n) is 11.3. The van der Waals surface area contributed by atoms with Crippen LogP contribution < -0.4 is 25.2 Å². The number of methoxy groups -OCH3 is 1. The molecular formula is C25H22F4N4O5. The predicted octanol–water partition coefficient (Wildman–Crippen LogP) is 3.05. The lowest BCUT2D eigenvalue weighted by atomic mass is 9.93. The first kappa shape index (κ1) is 26.6. The summed E-state index contributed by atoms with van der Waals surface area (Å²) in [6, 6.07) is 11.8. The van der Waals surface area contributed by atoms with Crippen LogP contribution in [0.25, 0.3) is 0 Å². The van der Waals surface area contributed by atoms with Gasteiger partial charge in [0.25, 0.3) is 17.9 Å². The van der Waals surface area contributed by atoms with Crippen LogP contribution in [0.1, 0.15) is 21.8 Å². The van der Waals surface area contributed by atoms with E-state index in [9.17, 15) is 31.9 Å². The zero-order valence-electron chi connectivity index (χ0n) is 19.9. The number of carbonyl (C=O) groups is 2. The van der Waals surface area contributed by atoms with Gasteiger partial charge in [0.1, 0.15) is 29.8 Å². The maximum Gasteiger partial charge on any atom is 0.387 e. The molecule has 1 aliphatic heterocycles. The van der Waals surface area contributed by atoms with Gasteiger partial charge < -0.3 is 19.7 Å². The average molecular weight is 534 g/mol. The number of nitrogens with one attached hydrogen (secondary N) is 1. The third-order valence-electron chi connectivity index (χ3n) is 5.98. The normalized spacial score (nSPS) is 17.2. The molecule has 1 unspecified atom stereocenters. The van der Waals surface area contributed by atoms with Crippen molar-refractivity contribution >= 4 is 17.5 Å². The standard InChI is InChI=1S/C25H22F4N4O5/c1-37-16-6-2-14(3-7-16)18-12-32(19-10-11-30-33(23(19)35)13-20(26)27)24(36)21(18)31-22(34)15-4-8-17(9-5-15)38-25(28)29/h2-11,18,20-21,25H,12-13H2,1H3,(H,31,34)/t18-,21?/m0/s1. The number of ether oxygens (including phenoxy) is 2. The molecule has 0 spiro atoms. The second kappa shape index (κ2) is 11.3. The van der Waals surface area contributed by atoms with Crippen LogP contribution in [-0.2, 0) is 11.3 Å². The number of hydrogen-bond acceptors (Lipinski definition) is 6. The highest BCUT2D eigenvalue weighted by Crippen LogP contribution is 2.32. The quantitative estimate of drug-likeness (QED) is 0.424. The van der Waals surface area contributed by atoms with E-state index in [0.29, 0.717) is 16.0 Å². The summed E-state index contributed by atoms with van der Waals surface area (Å²) in [5.41, 5.74) is -0.310. The van der Waals surface area contributed by atoms with Crippen LogP contribution in [0.4, 0.5) is 23.2 Å². The molecule has 200 valence electrons. The highest BCUT2D eigenvalue weighted by molar-refractivity contribution is 6.04. The topological polar surface area (TPSA) is 103 Å². The van der Waals surface area contributed by atoms with Gasteiger partial charge in [-0.1, -0.05) is 12.1 Å². The number of benzene rings is 2. The van der Waals surface area contributed by atoms with E-state index in [1.807, 2.05) is 0 Å². The molecular weight excluding hydrogens is 512 g/mol. The van der Waals surface area contributed by atoms with E-state index in [4.69, 9.17) is 4.74 Å². The van der Waals surface area contributed by atoms with Gasteiger partial charge in [-0.15, -0.1) is 0 Å². The zero-order chi connectivity index (χ0) is 27.4. The predicted molar refractivity (Wildman–Crippen MR) is 127 cm³/mol. The molecule has 1 N–H and O–H groups in total. The van der Waals surface area contributed by atoms with Crippen molar-refractivity contribution in [1.82, 2.24) is 15.1 Å². The highest BCUT2D eigenvalue weighted by Gasteiger charge is 2.43. The van der Waals surface area contributed by atoms with E-state index >= 15 is 0 Å². The minimum absolute atomic E-state index is 0.0365. The third-order valence-corrected chi connectivity index (χ3v) is 5.98. The maximum atomic E-state index is 13.5. The molecule has 4 rings (SSSR count). The third kappa shape index (κ3) is 5.76. The van der Waals surface area contributed by atoms with Gasteiger partial charge in [0, 0.05) is 24.2 Å². The van der Waals surface area contributed by atoms with Gasteiger partial charge in [-0.25, -0.2) is 13.5 Å². The first-order chi connectivity index (χ1) is 18.2. The van der Waals surface area contributed by atoms with Crippen LogP contribution in [0.15, 0.2) is 65.6 Å². The summed E-state index contributed by atoms with van der Waals surface area (Å²) in [7, 11) is 1.49. The molecule has 2 heterocycles. The molecule has 2 atom stereocenters. The molecule has 13 heteroatoms. The summed E-state index contributed by atoms with van der Waals surface area (Å²) >= 11 is 0. The van der Waals surface area contributed by atoms with Crippen molar-refractivity contribution in [3.8, 4) is 11.5 Å². The SMILES string of the molecule is COc1ccc([C@@H]2CN(c3ccnn(CC(F)F)c3=O)C(=O)C2NC(=O)c2ccc(OC(F)F)cc2)cc1. The summed E-state index contributed by atoms with van der Waals surface area (Å²) < 4.78 is 60.7. The molecule has 0 aliphatic carbocycles. The number of alkyl halides is 4. The van der Waals surface area contributed by atoms with Crippen LogP contribution in [0, 0.1) is 0 Å². The molecule has 3 aromatic rings. The molecule has 38 heavy (non-hydrogen) atoms. The van der Waals surface area contributed by atoms with Crippen molar-refractivity contribution in [2.75, 3.05) is 18.6 Å². The number of amides is 2. The molecule has 1 fully saturated rings. The van der Waals surface area contributed by atoms with Crippen LogP contribution in [0.3, 0.4) is 0 Å². The van der Waals surface area contributed by atoms with Crippen LogP contribution in [-0.4, -0.2) is 54.3 Å². The van der Waals surface area contributed by atoms with E-state index in [2.05, 4.69) is 15.2 Å². The molecule has 1 aromatic heterocycles. The fraction of sp³-hybridized carbons (Fsp3) is 0.280. The van der Waals surface area contributed by atoms with Gasteiger partial charge in [-0.2, -0.15) is 13.9 Å². The van der Waals surface area contributed by atoms with Gasteiger partial charge in [0.05, 0.1) is 7.11 Å². The van der Waals surface area contributed by atoms with Gasteiger partial charge in [0.2, 0.25) is 5.91 Å². The fourth-order valence-corrected chi connectivity index (χ4v) is 4.18. The zero-order valence-corrected chi connectivity index (χ0v) is 19.9. The van der Waals surface area contributed by atoms with Crippen molar-refractivity contribution in [3.63, 3.8) is 0 Å². The van der Waals surface area contributed by atoms with Crippen LogP contribution in [0.2, 0.25) is 0 Å². The minimum Gasteiger partial charge on any atom is -0.497 e. The Balaban J connectivity index is 1.65. The Morgan fingerprint density at radius 2 is 1.68 bits per heavy atom. The summed E-state index contributed by atoms with van der Waals surface area (Å²) in [4.78, 5) is 40.5. The summed E-state index contributed by atoms with van der Waals surface area (Å²) in [6.07, 6.45) is -1.69. The Kier molecular flexibility index (Phi) is 7.93. The minimum atomic E-state index is -3.03. The molecule has 0 saturated carbocycles. The maximum absolute atomic E-state index is 13.5. The van der Waals surface area contributed by atoms with Gasteiger partial charge in [-0.05, 0) is 48.0 Å². The van der Waals surface area contributed by atoms with Gasteiger partial charge >= 0.3 is 6.61 Å². The number of hydrogen-bond donors (Lipinski definition) is 1. The second-order valence-corrected chi connectivity index (χ2v) is 8.28. The lowest BCUT2D eigenvalue weighted by Crippen LogP contribution is -2.44. The number of carbonyl (C=O) groups excluding carboxylic acids is 2. The highest BCUT2D eigenvalue weighted by atomic mass is 19.3. The molecule has 1 saturated heterocycles. The lowest BCUT2D eigenvalue weighted by Gasteiger charge is -2.19. The van der Waals surface area contributed by atoms with E-state index in [0.717, 1.165) is 11.1 Å². The van der Waals surface area contributed by atoms with Crippen molar-refractivity contribution < 1.29 is 36.6 Å². The van der Waals surface area contributed by atoms with Crippen LogP contribution >= 0.6 is 0 Å². The largest absolute Gasteiger partial charge is 0.497 e. The van der Waals surface area contributed by atoms with E-state index in [1.54, 1.807) is 24.3 Å². The van der Waals surface area contributed by atoms with Gasteiger partial charge in [0.15, 0.2) is 0 Å². The Morgan fingerprint density at radius 3 is 2.29 bits per heavy atom.